The van der Waals surface area contributed by atoms with Crippen molar-refractivity contribution in [2.75, 3.05) is 24.6 Å². The predicted octanol–water partition coefficient (Wildman–Crippen LogP) is 0.893. The fourth-order valence-corrected chi connectivity index (χ4v) is 3.25. The minimum atomic E-state index is -0.247. The van der Waals surface area contributed by atoms with Crippen LogP contribution in [0.5, 0.6) is 0 Å². The van der Waals surface area contributed by atoms with Crippen LogP contribution in [0.4, 0.5) is 5.69 Å². The summed E-state index contributed by atoms with van der Waals surface area (Å²) in [5, 5.41) is 25.2. The molecule has 0 bridgehead atoms. The molecule has 1 fully saturated rings. The van der Waals surface area contributed by atoms with Gasteiger partial charge in [0.15, 0.2) is 0 Å². The summed E-state index contributed by atoms with van der Waals surface area (Å²) in [6, 6.07) is 12.1. The van der Waals surface area contributed by atoms with Crippen LogP contribution in [-0.2, 0) is 11.8 Å². The third kappa shape index (κ3) is 2.89. The molecule has 5 rings (SSSR count). The predicted molar refractivity (Wildman–Crippen MR) is 95.9 cm³/mol. The Balaban J connectivity index is 1.54. The number of rotatable bonds is 3. The summed E-state index contributed by atoms with van der Waals surface area (Å²) in [5.41, 5.74) is 3.56. The highest BCUT2D eigenvalue weighted by Crippen LogP contribution is 2.29. The molecule has 27 heavy (non-hydrogen) atoms. The van der Waals surface area contributed by atoms with Crippen molar-refractivity contribution in [1.29, 1.82) is 0 Å². The highest BCUT2D eigenvalue weighted by Gasteiger charge is 2.27. The Kier molecular flexibility index (Phi) is 3.75. The molecule has 0 N–H and O–H groups in total. The molecular weight excluding hydrogens is 346 g/mol. The van der Waals surface area contributed by atoms with Crippen molar-refractivity contribution in [1.82, 2.24) is 40.0 Å². The zero-order valence-corrected chi connectivity index (χ0v) is 14.7. The van der Waals surface area contributed by atoms with Gasteiger partial charge in [-0.15, -0.1) is 20.4 Å². The van der Waals surface area contributed by atoms with E-state index in [4.69, 9.17) is 4.74 Å². The van der Waals surface area contributed by atoms with Gasteiger partial charge in [-0.3, -0.25) is 0 Å². The number of aromatic nitrogens is 8. The number of morpholine rings is 1. The van der Waals surface area contributed by atoms with Crippen LogP contribution in [0.15, 0.2) is 42.7 Å². The van der Waals surface area contributed by atoms with Gasteiger partial charge in [0.1, 0.15) is 12.4 Å². The van der Waals surface area contributed by atoms with Gasteiger partial charge in [-0.25, -0.2) is 0 Å². The molecule has 136 valence electrons. The third-order valence-corrected chi connectivity index (χ3v) is 4.54. The van der Waals surface area contributed by atoms with E-state index in [1.807, 2.05) is 36.4 Å². The molecule has 0 amide bonds. The van der Waals surface area contributed by atoms with Crippen molar-refractivity contribution in [3.05, 3.63) is 48.5 Å². The summed E-state index contributed by atoms with van der Waals surface area (Å²) in [4.78, 5) is 3.65. The van der Waals surface area contributed by atoms with E-state index in [0.29, 0.717) is 24.6 Å². The number of hydrogen-bond donors (Lipinski definition) is 0. The molecule has 0 spiro atoms. The molecule has 0 aliphatic carbocycles. The van der Waals surface area contributed by atoms with Crippen LogP contribution >= 0.6 is 0 Å². The molecule has 1 aliphatic rings. The summed E-state index contributed by atoms with van der Waals surface area (Å²) in [7, 11) is 1.74. The average Bonchev–Trinajstić information content (AvgIpc) is 3.37. The zero-order valence-electron chi connectivity index (χ0n) is 14.7. The van der Waals surface area contributed by atoms with E-state index in [0.717, 1.165) is 23.5 Å². The Bertz CT molecular complexity index is 1070. The second kappa shape index (κ2) is 6.40. The maximum atomic E-state index is 5.86. The van der Waals surface area contributed by atoms with E-state index >= 15 is 0 Å². The van der Waals surface area contributed by atoms with Crippen molar-refractivity contribution in [3.8, 4) is 11.3 Å². The Hall–Kier alpha value is -3.40. The van der Waals surface area contributed by atoms with Crippen molar-refractivity contribution >= 4 is 11.3 Å². The van der Waals surface area contributed by atoms with E-state index in [9.17, 15) is 0 Å². The van der Waals surface area contributed by atoms with Crippen LogP contribution in [-0.4, -0.2) is 59.7 Å². The van der Waals surface area contributed by atoms with E-state index in [-0.39, 0.29) is 6.10 Å². The lowest BCUT2D eigenvalue weighted by molar-refractivity contribution is 0.0339. The fraction of sp³-hybridized carbons (Fsp3) is 0.294. The van der Waals surface area contributed by atoms with Gasteiger partial charge >= 0.3 is 0 Å². The Morgan fingerprint density at radius 3 is 2.81 bits per heavy atom. The number of nitrogens with zero attached hydrogens (tertiary/aromatic N) is 9. The van der Waals surface area contributed by atoms with E-state index in [1.54, 1.807) is 17.9 Å². The Labute approximate surface area is 154 Å². The molecular formula is C17H17N9O. The van der Waals surface area contributed by atoms with Gasteiger partial charge in [0.25, 0.3) is 0 Å². The molecule has 1 aliphatic heterocycles. The number of fused-ring (bicyclic) bond motifs is 1. The zero-order chi connectivity index (χ0) is 18.2. The van der Waals surface area contributed by atoms with E-state index in [1.165, 1.54) is 4.80 Å². The van der Waals surface area contributed by atoms with Crippen LogP contribution in [0, 0.1) is 0 Å². The molecule has 1 atom stereocenters. The van der Waals surface area contributed by atoms with Gasteiger partial charge < -0.3 is 9.64 Å². The lowest BCUT2D eigenvalue weighted by atomic mass is 10.1. The monoisotopic (exact) mass is 363 g/mol. The van der Waals surface area contributed by atoms with Gasteiger partial charge in [0.2, 0.25) is 11.5 Å². The van der Waals surface area contributed by atoms with Crippen LogP contribution in [0.3, 0.4) is 0 Å². The summed E-state index contributed by atoms with van der Waals surface area (Å²) in [6.07, 6.45) is 1.37. The molecule has 0 radical (unpaired) electrons. The van der Waals surface area contributed by atoms with E-state index in [2.05, 4.69) is 35.6 Å². The van der Waals surface area contributed by atoms with Crippen LogP contribution < -0.4 is 4.90 Å². The lowest BCUT2D eigenvalue weighted by Gasteiger charge is -2.33. The first-order valence-corrected chi connectivity index (χ1v) is 8.65. The number of aryl methyl sites for hydroxylation is 1. The quantitative estimate of drug-likeness (QED) is 0.529. The molecule has 1 saturated heterocycles. The van der Waals surface area contributed by atoms with Crippen molar-refractivity contribution in [3.63, 3.8) is 0 Å². The van der Waals surface area contributed by atoms with Crippen LogP contribution in [0.1, 0.15) is 11.9 Å². The number of tetrazole rings is 1. The van der Waals surface area contributed by atoms with Gasteiger partial charge in [0.05, 0.1) is 31.6 Å². The van der Waals surface area contributed by atoms with Crippen molar-refractivity contribution in [2.45, 2.75) is 6.10 Å². The molecule has 4 aromatic rings. The second-order valence-electron chi connectivity index (χ2n) is 6.32. The minimum Gasteiger partial charge on any atom is -0.366 e. The Morgan fingerprint density at radius 1 is 1.11 bits per heavy atom. The van der Waals surface area contributed by atoms with Gasteiger partial charge in [0, 0.05) is 12.1 Å². The van der Waals surface area contributed by atoms with Crippen molar-refractivity contribution in [2.24, 2.45) is 7.05 Å². The topological polar surface area (TPSA) is 99.2 Å². The first-order valence-electron chi connectivity index (χ1n) is 8.65. The SMILES string of the molecule is Cn1nnc(C2CN(c3cc(-c4ccccc4)nn4cnnc34)CCO2)n1. The smallest absolute Gasteiger partial charge is 0.205 e. The number of benzene rings is 1. The summed E-state index contributed by atoms with van der Waals surface area (Å²) in [6.45, 7) is 1.90. The molecule has 4 heterocycles. The molecule has 10 heteroatoms. The lowest BCUT2D eigenvalue weighted by Crippen LogP contribution is -2.39. The van der Waals surface area contributed by atoms with Gasteiger partial charge in [-0.1, -0.05) is 30.3 Å². The molecule has 1 unspecified atom stereocenters. The highest BCUT2D eigenvalue weighted by atomic mass is 16.5. The van der Waals surface area contributed by atoms with Crippen LogP contribution in [0.2, 0.25) is 0 Å². The summed E-state index contributed by atoms with van der Waals surface area (Å²) < 4.78 is 7.57. The summed E-state index contributed by atoms with van der Waals surface area (Å²) >= 11 is 0. The minimum absolute atomic E-state index is 0.247. The fourth-order valence-electron chi connectivity index (χ4n) is 3.25. The Morgan fingerprint density at radius 2 is 2.00 bits per heavy atom. The normalized spacial score (nSPS) is 17.5. The maximum Gasteiger partial charge on any atom is 0.205 e. The first kappa shape index (κ1) is 15.8. The van der Waals surface area contributed by atoms with Gasteiger partial charge in [-0.05, 0) is 11.3 Å². The van der Waals surface area contributed by atoms with Gasteiger partial charge in [-0.2, -0.15) is 14.4 Å². The average molecular weight is 363 g/mol. The van der Waals surface area contributed by atoms with Crippen molar-refractivity contribution < 1.29 is 4.74 Å². The standard InChI is InChI=1S/C17H17N9O/c1-24-22-16(19-23-24)15-10-25(7-8-27-15)14-9-13(12-5-3-2-4-6-12)21-26-11-18-20-17(14)26/h2-6,9,11,15H,7-8,10H2,1H3. The van der Waals surface area contributed by atoms with E-state index < -0.39 is 0 Å². The third-order valence-electron chi connectivity index (χ3n) is 4.54. The number of hydrogen-bond acceptors (Lipinski definition) is 8. The maximum absolute atomic E-state index is 5.86. The summed E-state index contributed by atoms with van der Waals surface area (Å²) in [5.74, 6) is 0.581. The second-order valence-corrected chi connectivity index (χ2v) is 6.32. The first-order chi connectivity index (χ1) is 13.3. The number of ether oxygens (including phenoxy) is 1. The largest absolute Gasteiger partial charge is 0.366 e. The molecule has 3 aromatic heterocycles. The highest BCUT2D eigenvalue weighted by molar-refractivity contribution is 5.74. The molecule has 0 saturated carbocycles. The van der Waals surface area contributed by atoms with Crippen LogP contribution in [0.25, 0.3) is 16.9 Å². The number of anilines is 1. The molecule has 1 aromatic carbocycles. The molecule has 10 nitrogen and oxygen atoms in total.